The van der Waals surface area contributed by atoms with Gasteiger partial charge in [0.15, 0.2) is 0 Å². The molecule has 0 saturated heterocycles. The van der Waals surface area contributed by atoms with Crippen molar-refractivity contribution in [1.82, 2.24) is 6.15 Å². The number of hydrogen-bond acceptors (Lipinski definition) is 0. The van der Waals surface area contributed by atoms with Crippen molar-refractivity contribution < 1.29 is 71.9 Å². The van der Waals surface area contributed by atoms with Crippen LogP contribution in [0, 0.1) is 0 Å². The van der Waals surface area contributed by atoms with Crippen molar-refractivity contribution >= 4 is 27.3 Å². The van der Waals surface area contributed by atoms with E-state index in [1.807, 2.05) is 0 Å². The van der Waals surface area contributed by atoms with Crippen molar-refractivity contribution in [2.45, 2.75) is 0 Å². The summed E-state index contributed by atoms with van der Waals surface area (Å²) in [5.41, 5.74) is 0. The van der Waals surface area contributed by atoms with Crippen LogP contribution in [-0.4, -0.2) is 27.3 Å². The van der Waals surface area contributed by atoms with E-state index < -0.39 is 0 Å². The standard InChI is InChI=1S/3HI.H3N.Pb/h3*1H;1H3;/q;;;;+2/p-2. The second kappa shape index (κ2) is 27.6. The van der Waals surface area contributed by atoms with E-state index in [9.17, 15) is 0 Å². The third-order valence-electron chi connectivity index (χ3n) is 0. The number of hydrogen-bond donors (Lipinski definition) is 1. The quantitative estimate of drug-likeness (QED) is 0.211. The van der Waals surface area contributed by atoms with Crippen LogP contribution in [0.15, 0.2) is 0 Å². The SMILES string of the molecule is [I-].[I-].[I-].[NH4+].[Pb+2]. The van der Waals surface area contributed by atoms with Crippen molar-refractivity contribution in [1.29, 1.82) is 0 Å². The molecule has 0 atom stereocenters. The monoisotopic (exact) mass is 607 g/mol. The normalized spacial score (nSPS) is 0. The second-order valence-corrected chi connectivity index (χ2v) is 0. The Hall–Kier alpha value is 3.07. The van der Waals surface area contributed by atoms with Crippen LogP contribution in [0.1, 0.15) is 0 Å². The molecule has 1 nitrogen and oxygen atoms in total. The van der Waals surface area contributed by atoms with Gasteiger partial charge < -0.3 is 78.1 Å². The zero-order valence-corrected chi connectivity index (χ0v) is 13.0. The topological polar surface area (TPSA) is 36.5 Å². The molecular formula is H4I3NPb. The van der Waals surface area contributed by atoms with Crippen molar-refractivity contribution in [3.8, 4) is 0 Å². The molecule has 0 aromatic carbocycles. The van der Waals surface area contributed by atoms with Crippen molar-refractivity contribution in [3.63, 3.8) is 0 Å². The maximum Gasteiger partial charge on any atom is 2.00 e. The Balaban J connectivity index is 0. The third kappa shape index (κ3) is 19.3. The van der Waals surface area contributed by atoms with Gasteiger partial charge in [0.2, 0.25) is 0 Å². The van der Waals surface area contributed by atoms with Gasteiger partial charge in [-0.25, -0.2) is 0 Å². The largest absolute Gasteiger partial charge is 2.00 e. The first-order chi connectivity index (χ1) is 0. The molecule has 34 valence electrons. The number of halogens is 3. The first kappa shape index (κ1) is 42.8. The van der Waals surface area contributed by atoms with Crippen LogP contribution in [-0.2, 0) is 0 Å². The summed E-state index contributed by atoms with van der Waals surface area (Å²) in [5.74, 6) is 0. The van der Waals surface area contributed by atoms with Gasteiger partial charge in [-0.05, 0) is 0 Å². The molecular weight excluding hydrogens is 602 g/mol. The summed E-state index contributed by atoms with van der Waals surface area (Å²) in [6.45, 7) is 0. The van der Waals surface area contributed by atoms with Crippen molar-refractivity contribution in [3.05, 3.63) is 0 Å². The molecule has 0 aromatic heterocycles. The van der Waals surface area contributed by atoms with Crippen LogP contribution in [0.4, 0.5) is 0 Å². The molecule has 0 heterocycles. The minimum absolute atomic E-state index is 0. The maximum atomic E-state index is 0. The molecule has 5 heavy (non-hydrogen) atoms. The summed E-state index contributed by atoms with van der Waals surface area (Å²) in [5, 5.41) is 0. The first-order valence-electron chi connectivity index (χ1n) is 0. The van der Waals surface area contributed by atoms with E-state index in [0.29, 0.717) is 0 Å². The summed E-state index contributed by atoms with van der Waals surface area (Å²) in [6, 6.07) is 0. The van der Waals surface area contributed by atoms with Crippen molar-refractivity contribution in [2.24, 2.45) is 0 Å². The number of rotatable bonds is 0. The van der Waals surface area contributed by atoms with Gasteiger partial charge in [-0.2, -0.15) is 0 Å². The zero-order chi connectivity index (χ0) is 0. The Kier molecular flexibility index (Phi) is 236. The van der Waals surface area contributed by atoms with Gasteiger partial charge in [-0.3, -0.25) is 0 Å². The smallest absolute Gasteiger partial charge is 1.00 e. The zero-order valence-electron chi connectivity index (χ0n) is 2.63. The van der Waals surface area contributed by atoms with E-state index in [1.54, 1.807) is 0 Å². The second-order valence-electron chi connectivity index (χ2n) is 0. The number of quaternary nitrogens is 1. The van der Waals surface area contributed by atoms with Crippen LogP contribution >= 0.6 is 0 Å². The van der Waals surface area contributed by atoms with Gasteiger partial charge in [0, 0.05) is 0 Å². The van der Waals surface area contributed by atoms with Gasteiger partial charge in [-0.1, -0.05) is 0 Å². The van der Waals surface area contributed by atoms with E-state index in [4.69, 9.17) is 0 Å². The predicted molar refractivity (Wildman–Crippen MR) is 11.7 cm³/mol. The van der Waals surface area contributed by atoms with Crippen molar-refractivity contribution in [2.75, 3.05) is 0 Å². The molecule has 0 fully saturated rings. The molecule has 0 bridgehead atoms. The van der Waals surface area contributed by atoms with Gasteiger partial charge in [0.05, 0.1) is 0 Å². The molecule has 5 heteroatoms. The van der Waals surface area contributed by atoms with E-state index in [2.05, 4.69) is 0 Å². The van der Waals surface area contributed by atoms with Crippen LogP contribution < -0.4 is 78.1 Å². The van der Waals surface area contributed by atoms with Gasteiger partial charge in [-0.15, -0.1) is 0 Å². The van der Waals surface area contributed by atoms with Crippen LogP contribution in [0.25, 0.3) is 0 Å². The minimum atomic E-state index is 0. The van der Waals surface area contributed by atoms with E-state index in [-0.39, 0.29) is 105 Å². The Labute approximate surface area is 103 Å². The summed E-state index contributed by atoms with van der Waals surface area (Å²) in [4.78, 5) is 0. The van der Waals surface area contributed by atoms with Crippen LogP contribution in [0.3, 0.4) is 0 Å². The summed E-state index contributed by atoms with van der Waals surface area (Å²) in [6.07, 6.45) is 0. The molecule has 4 N–H and O–H groups in total. The van der Waals surface area contributed by atoms with E-state index >= 15 is 0 Å². The summed E-state index contributed by atoms with van der Waals surface area (Å²) < 4.78 is 0. The average Bonchev–Trinajstić information content (AvgIpc) is 0. The third-order valence-corrected chi connectivity index (χ3v) is 0. The Morgan fingerprint density at radius 3 is 0.600 bits per heavy atom. The minimum Gasteiger partial charge on any atom is -1.00 e. The molecule has 0 aliphatic heterocycles. The van der Waals surface area contributed by atoms with Crippen LogP contribution in [0.2, 0.25) is 0 Å². The fraction of sp³-hybridized carbons (Fsp3) is 0. The predicted octanol–water partition coefficient (Wildman–Crippen LogP) is -8.99. The average molecular weight is 606 g/mol. The van der Waals surface area contributed by atoms with Gasteiger partial charge in [0.25, 0.3) is 0 Å². The Bertz CT molecular complexity index is 6.85. The summed E-state index contributed by atoms with van der Waals surface area (Å²) in [7, 11) is 0. The first-order valence-corrected chi connectivity index (χ1v) is 0. The fourth-order valence-corrected chi connectivity index (χ4v) is 0. The molecule has 0 aliphatic rings. The van der Waals surface area contributed by atoms with Gasteiger partial charge >= 0.3 is 27.3 Å². The summed E-state index contributed by atoms with van der Waals surface area (Å²) >= 11 is 0. The Morgan fingerprint density at radius 2 is 0.600 bits per heavy atom. The molecule has 0 aromatic rings. The fourth-order valence-electron chi connectivity index (χ4n) is 0. The molecule has 0 amide bonds. The molecule has 0 aliphatic carbocycles. The van der Waals surface area contributed by atoms with Gasteiger partial charge in [0.1, 0.15) is 0 Å². The molecule has 0 saturated carbocycles. The molecule has 0 rings (SSSR count). The molecule has 0 spiro atoms. The Morgan fingerprint density at radius 1 is 0.600 bits per heavy atom. The van der Waals surface area contributed by atoms with E-state index in [1.165, 1.54) is 0 Å². The van der Waals surface area contributed by atoms with E-state index in [0.717, 1.165) is 0 Å². The maximum absolute atomic E-state index is 0. The molecule has 2 radical (unpaired) electrons. The molecule has 0 unspecified atom stereocenters. The van der Waals surface area contributed by atoms with Crippen LogP contribution in [0.5, 0.6) is 0 Å².